The van der Waals surface area contributed by atoms with E-state index in [0.717, 1.165) is 12.8 Å². The molecule has 1 saturated carbocycles. The van der Waals surface area contributed by atoms with Gasteiger partial charge >= 0.3 is 0 Å². The first-order chi connectivity index (χ1) is 9.08. The van der Waals surface area contributed by atoms with Crippen molar-refractivity contribution in [2.75, 3.05) is 6.54 Å². The van der Waals surface area contributed by atoms with E-state index in [1.165, 1.54) is 12.1 Å². The highest BCUT2D eigenvalue weighted by atomic mass is 19.1. The van der Waals surface area contributed by atoms with Gasteiger partial charge in [-0.05, 0) is 25.3 Å². The van der Waals surface area contributed by atoms with Gasteiger partial charge in [0.1, 0.15) is 5.82 Å². The van der Waals surface area contributed by atoms with Crippen molar-refractivity contribution in [2.24, 2.45) is 11.7 Å². The van der Waals surface area contributed by atoms with Gasteiger partial charge in [-0.25, -0.2) is 4.39 Å². The Balaban J connectivity index is 1.85. The highest BCUT2D eigenvalue weighted by Crippen LogP contribution is 2.24. The van der Waals surface area contributed by atoms with E-state index in [1.54, 1.807) is 12.1 Å². The van der Waals surface area contributed by atoms with Crippen LogP contribution in [0.25, 0.3) is 0 Å². The first-order valence-corrected chi connectivity index (χ1v) is 6.53. The molecule has 5 heteroatoms. The van der Waals surface area contributed by atoms with E-state index < -0.39 is 11.9 Å². The van der Waals surface area contributed by atoms with E-state index in [9.17, 15) is 14.3 Å². The number of hydrogen-bond acceptors (Lipinski definition) is 3. The number of nitrogens with two attached hydrogens (primary N) is 1. The summed E-state index contributed by atoms with van der Waals surface area (Å²) in [6, 6.07) is 6.10. The van der Waals surface area contributed by atoms with E-state index in [-0.39, 0.29) is 30.0 Å². The van der Waals surface area contributed by atoms with Crippen LogP contribution in [-0.4, -0.2) is 23.6 Å². The average molecular weight is 266 g/mol. The molecular formula is C14H19FN2O2. The molecule has 1 fully saturated rings. The summed E-state index contributed by atoms with van der Waals surface area (Å²) < 4.78 is 13.4. The monoisotopic (exact) mass is 266 g/mol. The molecule has 1 amide bonds. The normalized spacial score (nSPS) is 24.2. The zero-order valence-corrected chi connectivity index (χ0v) is 10.7. The number of benzene rings is 1. The third kappa shape index (κ3) is 3.52. The van der Waals surface area contributed by atoms with Crippen molar-refractivity contribution in [3.05, 3.63) is 35.6 Å². The van der Waals surface area contributed by atoms with E-state index in [1.807, 2.05) is 0 Å². The minimum absolute atomic E-state index is 0.0193. The van der Waals surface area contributed by atoms with Gasteiger partial charge in [-0.3, -0.25) is 4.79 Å². The van der Waals surface area contributed by atoms with Crippen LogP contribution in [0.15, 0.2) is 24.3 Å². The lowest BCUT2D eigenvalue weighted by molar-refractivity contribution is -0.125. The fourth-order valence-electron chi connectivity index (χ4n) is 2.45. The third-order valence-corrected chi connectivity index (χ3v) is 3.58. The molecule has 4 N–H and O–H groups in total. The summed E-state index contributed by atoms with van der Waals surface area (Å²) in [7, 11) is 0. The first kappa shape index (κ1) is 14.0. The summed E-state index contributed by atoms with van der Waals surface area (Å²) in [5.41, 5.74) is 5.95. The lowest BCUT2D eigenvalue weighted by atomic mass is 10.1. The quantitative estimate of drug-likeness (QED) is 0.764. The highest BCUT2D eigenvalue weighted by molar-refractivity contribution is 5.79. The number of rotatable bonds is 4. The van der Waals surface area contributed by atoms with E-state index in [0.29, 0.717) is 6.42 Å². The smallest absolute Gasteiger partial charge is 0.223 e. The van der Waals surface area contributed by atoms with Gasteiger partial charge < -0.3 is 16.2 Å². The molecule has 2 rings (SSSR count). The minimum atomic E-state index is -1.03. The first-order valence-electron chi connectivity index (χ1n) is 6.53. The summed E-state index contributed by atoms with van der Waals surface area (Å²) >= 11 is 0. The van der Waals surface area contributed by atoms with E-state index >= 15 is 0 Å². The predicted octanol–water partition coefficient (Wildman–Crippen LogP) is 1.10. The van der Waals surface area contributed by atoms with Crippen molar-refractivity contribution in [2.45, 2.75) is 31.4 Å². The van der Waals surface area contributed by atoms with Gasteiger partial charge in [0.2, 0.25) is 5.91 Å². The Morgan fingerprint density at radius 2 is 2.21 bits per heavy atom. The zero-order valence-electron chi connectivity index (χ0n) is 10.7. The molecule has 19 heavy (non-hydrogen) atoms. The van der Waals surface area contributed by atoms with Crippen molar-refractivity contribution in [3.63, 3.8) is 0 Å². The van der Waals surface area contributed by atoms with E-state index in [2.05, 4.69) is 5.32 Å². The molecule has 0 aromatic heterocycles. The van der Waals surface area contributed by atoms with Crippen molar-refractivity contribution in [1.82, 2.24) is 5.32 Å². The largest absolute Gasteiger partial charge is 0.386 e. The maximum Gasteiger partial charge on any atom is 0.223 e. The number of carbonyl (C=O) groups is 1. The van der Waals surface area contributed by atoms with Crippen LogP contribution in [0.3, 0.4) is 0 Å². The Morgan fingerprint density at radius 1 is 1.47 bits per heavy atom. The summed E-state index contributed by atoms with van der Waals surface area (Å²) in [6.07, 6.45) is 1.29. The molecular weight excluding hydrogens is 247 g/mol. The minimum Gasteiger partial charge on any atom is -0.386 e. The molecule has 0 radical (unpaired) electrons. The van der Waals surface area contributed by atoms with Gasteiger partial charge in [-0.15, -0.1) is 0 Å². The van der Waals surface area contributed by atoms with Gasteiger partial charge in [0.15, 0.2) is 0 Å². The van der Waals surface area contributed by atoms with Crippen molar-refractivity contribution in [1.29, 1.82) is 0 Å². The van der Waals surface area contributed by atoms with Crippen LogP contribution in [0.2, 0.25) is 0 Å². The highest BCUT2D eigenvalue weighted by Gasteiger charge is 2.28. The van der Waals surface area contributed by atoms with Crippen LogP contribution >= 0.6 is 0 Å². The molecule has 0 unspecified atom stereocenters. The Labute approximate surface area is 111 Å². The lowest BCUT2D eigenvalue weighted by Crippen LogP contribution is -2.33. The van der Waals surface area contributed by atoms with Gasteiger partial charge in [-0.2, -0.15) is 0 Å². The fraction of sp³-hybridized carbons (Fsp3) is 0.500. The number of aliphatic hydroxyl groups excluding tert-OH is 1. The summed E-state index contributed by atoms with van der Waals surface area (Å²) in [5, 5.41) is 12.5. The molecule has 1 aromatic rings. The van der Waals surface area contributed by atoms with Gasteiger partial charge in [0.05, 0.1) is 6.10 Å². The molecule has 0 spiro atoms. The van der Waals surface area contributed by atoms with E-state index in [4.69, 9.17) is 5.73 Å². The van der Waals surface area contributed by atoms with Crippen LogP contribution in [-0.2, 0) is 4.79 Å². The topological polar surface area (TPSA) is 75.4 Å². The SMILES string of the molecule is N[C@@H]1CC[C@H](C(=O)NC[C@@H](O)c2ccccc2F)C1. The predicted molar refractivity (Wildman–Crippen MR) is 69.7 cm³/mol. The molecule has 1 aromatic carbocycles. The Hall–Kier alpha value is -1.46. The third-order valence-electron chi connectivity index (χ3n) is 3.58. The molecule has 4 nitrogen and oxygen atoms in total. The standard InChI is InChI=1S/C14H19FN2O2/c15-12-4-2-1-3-11(12)13(18)8-17-14(19)9-5-6-10(16)7-9/h1-4,9-10,13,18H,5-8,16H2,(H,17,19)/t9-,10+,13+/m0/s1. The second kappa shape index (κ2) is 6.12. The van der Waals surface area contributed by atoms with Crippen LogP contribution in [0, 0.1) is 11.7 Å². The Kier molecular flexibility index (Phi) is 4.50. The average Bonchev–Trinajstić information content (AvgIpc) is 2.83. The van der Waals surface area contributed by atoms with Crippen LogP contribution in [0.1, 0.15) is 30.9 Å². The van der Waals surface area contributed by atoms with Crippen molar-refractivity contribution in [3.8, 4) is 0 Å². The fourth-order valence-corrected chi connectivity index (χ4v) is 2.45. The molecule has 0 aliphatic heterocycles. The van der Waals surface area contributed by atoms with Crippen molar-refractivity contribution >= 4 is 5.91 Å². The zero-order chi connectivity index (χ0) is 13.8. The summed E-state index contributed by atoms with van der Waals surface area (Å²) in [4.78, 5) is 11.8. The number of carbonyl (C=O) groups excluding carboxylic acids is 1. The molecule has 1 aliphatic rings. The maximum absolute atomic E-state index is 13.4. The molecule has 0 bridgehead atoms. The second-order valence-electron chi connectivity index (χ2n) is 5.05. The molecule has 3 atom stereocenters. The number of aliphatic hydroxyl groups is 1. The molecule has 104 valence electrons. The molecule has 1 aliphatic carbocycles. The summed E-state index contributed by atoms with van der Waals surface area (Å²) in [6.45, 7) is 0.0193. The van der Waals surface area contributed by atoms with Crippen LogP contribution in [0.5, 0.6) is 0 Å². The lowest BCUT2D eigenvalue weighted by Gasteiger charge is -2.15. The van der Waals surface area contributed by atoms with Gasteiger partial charge in [-0.1, -0.05) is 18.2 Å². The van der Waals surface area contributed by atoms with Crippen molar-refractivity contribution < 1.29 is 14.3 Å². The Morgan fingerprint density at radius 3 is 2.84 bits per heavy atom. The Bertz CT molecular complexity index is 453. The van der Waals surface area contributed by atoms with Crippen LogP contribution < -0.4 is 11.1 Å². The number of nitrogens with one attached hydrogen (secondary N) is 1. The number of halogens is 1. The van der Waals surface area contributed by atoms with Gasteiger partial charge in [0, 0.05) is 24.1 Å². The van der Waals surface area contributed by atoms with Crippen LogP contribution in [0.4, 0.5) is 4.39 Å². The number of hydrogen-bond donors (Lipinski definition) is 3. The van der Waals surface area contributed by atoms with Gasteiger partial charge in [0.25, 0.3) is 0 Å². The number of amides is 1. The maximum atomic E-state index is 13.4. The second-order valence-corrected chi connectivity index (χ2v) is 5.05. The molecule has 0 saturated heterocycles. The molecule has 0 heterocycles. The summed E-state index contributed by atoms with van der Waals surface area (Å²) in [5.74, 6) is -0.654.